The van der Waals surface area contributed by atoms with E-state index in [1.807, 2.05) is 18.2 Å². The summed E-state index contributed by atoms with van der Waals surface area (Å²) < 4.78 is 10.5. The molecule has 0 spiro atoms. The fourth-order valence-corrected chi connectivity index (χ4v) is 4.67. The van der Waals surface area contributed by atoms with Gasteiger partial charge in [0.25, 0.3) is 0 Å². The van der Waals surface area contributed by atoms with E-state index in [1.165, 1.54) is 11.3 Å². The number of allylic oxidation sites excluding steroid dienone is 10. The van der Waals surface area contributed by atoms with Gasteiger partial charge in [-0.05, 0) is 81.8 Å². The molecule has 2 aliphatic rings. The van der Waals surface area contributed by atoms with E-state index in [4.69, 9.17) is 4.74 Å². The Morgan fingerprint density at radius 3 is 1.69 bits per heavy atom. The Morgan fingerprint density at radius 2 is 1.13 bits per heavy atom. The molecule has 0 fully saturated rings. The van der Waals surface area contributed by atoms with Gasteiger partial charge >= 0.3 is 0 Å². The van der Waals surface area contributed by atoms with Gasteiger partial charge in [-0.2, -0.15) is 0 Å². The first-order valence-corrected chi connectivity index (χ1v) is 14.3. The van der Waals surface area contributed by atoms with Crippen molar-refractivity contribution in [2.24, 2.45) is 0 Å². The molecule has 0 saturated heterocycles. The third-order valence-electron chi connectivity index (χ3n) is 6.37. The van der Waals surface area contributed by atoms with Gasteiger partial charge < -0.3 is 4.74 Å². The molecule has 0 N–H and O–H groups in total. The Labute approximate surface area is 246 Å². The van der Waals surface area contributed by atoms with Crippen LogP contribution >= 0.6 is 31.9 Å². The first-order chi connectivity index (χ1) is 18.9. The van der Waals surface area contributed by atoms with Gasteiger partial charge in [-0.15, -0.1) is 0 Å². The molecule has 3 aromatic carbocycles. The van der Waals surface area contributed by atoms with Crippen LogP contribution in [-0.4, -0.2) is 24.4 Å². The molecule has 0 radical (unpaired) electrons. The molecular weight excluding hydrogens is 610 g/mol. The highest BCUT2D eigenvalue weighted by atomic mass is 79.9. The zero-order valence-corrected chi connectivity index (χ0v) is 25.0. The minimum atomic E-state index is 0.790. The van der Waals surface area contributed by atoms with E-state index < -0.39 is 0 Å². The van der Waals surface area contributed by atoms with E-state index in [9.17, 15) is 0 Å². The molecular formula is C35H28Br2NO+. The summed E-state index contributed by atoms with van der Waals surface area (Å²) in [6.45, 7) is 0. The monoisotopic (exact) mass is 636 g/mol. The number of rotatable bonds is 4. The summed E-state index contributed by atoms with van der Waals surface area (Å²) in [4.78, 5) is 0. The lowest BCUT2D eigenvalue weighted by Crippen LogP contribution is -2.09. The molecule has 0 saturated carbocycles. The zero-order valence-electron chi connectivity index (χ0n) is 21.8. The highest BCUT2D eigenvalue weighted by molar-refractivity contribution is 9.10. The molecule has 2 nitrogen and oxygen atoms in total. The average Bonchev–Trinajstić information content (AvgIpc) is 2.96. The van der Waals surface area contributed by atoms with Gasteiger partial charge in [0.15, 0.2) is 5.71 Å². The Balaban J connectivity index is 1.41. The lowest BCUT2D eigenvalue weighted by molar-refractivity contribution is -0.462. The van der Waals surface area contributed by atoms with Gasteiger partial charge in [0.2, 0.25) is 0 Å². The predicted octanol–water partition coefficient (Wildman–Crippen LogP) is 7.58. The number of hydrogen-bond acceptors (Lipinski definition) is 1. The van der Waals surface area contributed by atoms with Crippen molar-refractivity contribution >= 4 is 61.1 Å². The third-order valence-corrected chi connectivity index (χ3v) is 7.43. The molecule has 192 valence electrons. The molecule has 0 amide bonds. The van der Waals surface area contributed by atoms with Crippen LogP contribution in [-0.2, 0) is 4.74 Å². The second-order valence-corrected chi connectivity index (χ2v) is 11.3. The molecule has 0 atom stereocenters. The fraction of sp³-hybridized carbons (Fsp3) is 0.0571. The Bertz CT molecular complexity index is 1680. The highest BCUT2D eigenvalue weighted by Gasteiger charge is 2.14. The van der Waals surface area contributed by atoms with Crippen molar-refractivity contribution in [2.45, 2.75) is 0 Å². The second kappa shape index (κ2) is 12.4. The van der Waals surface area contributed by atoms with Gasteiger partial charge in [0, 0.05) is 26.7 Å². The number of ether oxygens (including phenoxy) is 1. The number of nitrogens with zero attached hydrogens (tertiary/aromatic N) is 1. The summed E-state index contributed by atoms with van der Waals surface area (Å²) in [5.41, 5.74) is 5.64. The van der Waals surface area contributed by atoms with Gasteiger partial charge in [-0.25, -0.2) is 4.58 Å². The summed E-state index contributed by atoms with van der Waals surface area (Å²) in [6.07, 6.45) is 21.1. The van der Waals surface area contributed by atoms with Crippen LogP contribution in [0.15, 0.2) is 142 Å². The number of halogens is 2. The van der Waals surface area contributed by atoms with Crippen LogP contribution in [0.3, 0.4) is 0 Å². The summed E-state index contributed by atoms with van der Waals surface area (Å²) in [5, 5.41) is 2.26. The Hall–Kier alpha value is -3.73. The smallest absolute Gasteiger partial charge is 0.199 e. The van der Waals surface area contributed by atoms with Crippen LogP contribution in [0.25, 0.3) is 23.5 Å². The molecule has 1 heterocycles. The summed E-state index contributed by atoms with van der Waals surface area (Å²) in [6, 6.07) is 25.0. The Morgan fingerprint density at radius 1 is 0.590 bits per heavy atom. The first kappa shape index (κ1) is 26.9. The Kier molecular flexibility index (Phi) is 8.55. The molecule has 5 rings (SSSR count). The number of hydrogen-bond donors (Lipinski definition) is 0. The normalized spacial score (nSPS) is 15.4. The molecule has 0 aromatic heterocycles. The summed E-state index contributed by atoms with van der Waals surface area (Å²) >= 11 is 7.06. The van der Waals surface area contributed by atoms with E-state index >= 15 is 0 Å². The molecule has 4 heteroatoms. The van der Waals surface area contributed by atoms with E-state index in [0.29, 0.717) is 0 Å². The van der Waals surface area contributed by atoms with Crippen LogP contribution in [0.1, 0.15) is 11.1 Å². The van der Waals surface area contributed by atoms with Crippen molar-refractivity contribution in [2.75, 3.05) is 14.1 Å². The van der Waals surface area contributed by atoms with Crippen molar-refractivity contribution in [1.29, 1.82) is 0 Å². The molecule has 0 bridgehead atoms. The second-order valence-electron chi connectivity index (χ2n) is 9.45. The number of benzene rings is 3. The minimum absolute atomic E-state index is 0.790. The maximum atomic E-state index is 6.32. The largest absolute Gasteiger partial charge is 0.457 e. The molecule has 39 heavy (non-hydrogen) atoms. The van der Waals surface area contributed by atoms with Crippen molar-refractivity contribution in [3.8, 4) is 0 Å². The van der Waals surface area contributed by atoms with Crippen LogP contribution in [0.2, 0.25) is 0 Å². The van der Waals surface area contributed by atoms with Gasteiger partial charge in [0.05, 0.1) is 0 Å². The van der Waals surface area contributed by atoms with Crippen LogP contribution in [0.5, 0.6) is 0 Å². The van der Waals surface area contributed by atoms with Crippen molar-refractivity contribution in [1.82, 2.24) is 0 Å². The average molecular weight is 638 g/mol. The van der Waals surface area contributed by atoms with Crippen LogP contribution < -0.4 is 10.4 Å². The van der Waals surface area contributed by atoms with E-state index in [-0.39, 0.29) is 0 Å². The summed E-state index contributed by atoms with van der Waals surface area (Å²) in [7, 11) is 4.10. The zero-order chi connectivity index (χ0) is 27.2. The topological polar surface area (TPSA) is 12.2 Å². The molecule has 1 aliphatic carbocycles. The minimum Gasteiger partial charge on any atom is -0.457 e. The maximum Gasteiger partial charge on any atom is 0.199 e. The van der Waals surface area contributed by atoms with E-state index in [2.05, 4.69) is 166 Å². The highest BCUT2D eigenvalue weighted by Crippen LogP contribution is 2.32. The SMILES string of the molecule is C[N+](C)=C1C=CC(=CC=c2ccc(=CC=C3C=C(c4ccc(Br)cc4)C=C(c4ccc(Br)cc4)O3)cc2)C=C1. The van der Waals surface area contributed by atoms with E-state index in [0.717, 1.165) is 47.6 Å². The third kappa shape index (κ3) is 7.23. The quantitative estimate of drug-likeness (QED) is 0.269. The fourth-order valence-electron chi connectivity index (χ4n) is 4.14. The van der Waals surface area contributed by atoms with Crippen molar-refractivity contribution < 1.29 is 9.31 Å². The lowest BCUT2D eigenvalue weighted by Gasteiger charge is -2.18. The van der Waals surface area contributed by atoms with Gasteiger partial charge in [-0.3, -0.25) is 0 Å². The van der Waals surface area contributed by atoms with Crippen LogP contribution in [0, 0.1) is 0 Å². The maximum absolute atomic E-state index is 6.32. The van der Waals surface area contributed by atoms with Crippen molar-refractivity contribution in [3.05, 3.63) is 163 Å². The summed E-state index contributed by atoms with van der Waals surface area (Å²) in [5.74, 6) is 1.61. The molecule has 0 unspecified atom stereocenters. The van der Waals surface area contributed by atoms with Crippen LogP contribution in [0.4, 0.5) is 0 Å². The van der Waals surface area contributed by atoms with Gasteiger partial charge in [0.1, 0.15) is 25.6 Å². The molecule has 1 aliphatic heterocycles. The standard InChI is InChI=1S/C35H28Br2NO/c1-38(2)33-20-9-27(10-21-33)8-5-25-3-6-26(7-4-25)11-22-34-23-30(28-12-16-31(36)17-13-28)24-35(39-34)29-14-18-32(37)19-15-29/h3-24H,1-2H3/q+1. The van der Waals surface area contributed by atoms with E-state index in [1.54, 1.807) is 0 Å². The predicted molar refractivity (Wildman–Crippen MR) is 172 cm³/mol. The first-order valence-electron chi connectivity index (χ1n) is 12.7. The lowest BCUT2D eigenvalue weighted by atomic mass is 10.0. The van der Waals surface area contributed by atoms with Crippen molar-refractivity contribution in [3.63, 3.8) is 0 Å². The van der Waals surface area contributed by atoms with Gasteiger partial charge in [-0.1, -0.05) is 98.6 Å². The molecule has 3 aromatic rings.